The lowest BCUT2D eigenvalue weighted by Gasteiger charge is -2.32. The molecule has 6 heteroatoms. The maximum absolute atomic E-state index is 12.4. The summed E-state index contributed by atoms with van der Waals surface area (Å²) in [6, 6.07) is 19.2. The minimum absolute atomic E-state index is 0.0806. The van der Waals surface area contributed by atoms with Crippen LogP contribution in [0.4, 0.5) is 0 Å². The molecule has 0 saturated carbocycles. The molecule has 3 aromatic rings. The molecule has 0 aliphatic carbocycles. The van der Waals surface area contributed by atoms with E-state index < -0.39 is 0 Å². The van der Waals surface area contributed by atoms with Gasteiger partial charge in [0, 0.05) is 43.4 Å². The van der Waals surface area contributed by atoms with Gasteiger partial charge in [-0.1, -0.05) is 30.3 Å². The highest BCUT2D eigenvalue weighted by Gasteiger charge is 2.24. The lowest BCUT2D eigenvalue weighted by atomic mass is 10.1. The topological polar surface area (TPSA) is 58.6 Å². The van der Waals surface area contributed by atoms with Crippen molar-refractivity contribution in [2.24, 2.45) is 0 Å². The first-order chi connectivity index (χ1) is 15.2. The number of piperidine rings is 1. The summed E-state index contributed by atoms with van der Waals surface area (Å²) in [5.41, 5.74) is 2.59. The Kier molecular flexibility index (Phi) is 6.99. The Balaban J connectivity index is 1.21. The van der Waals surface area contributed by atoms with Crippen LogP contribution in [0.1, 0.15) is 39.1 Å². The highest BCUT2D eigenvalue weighted by molar-refractivity contribution is 7.08. The van der Waals surface area contributed by atoms with E-state index in [9.17, 15) is 9.59 Å². The molecule has 0 spiro atoms. The van der Waals surface area contributed by atoms with E-state index in [1.54, 1.807) is 12.1 Å². The van der Waals surface area contributed by atoms with Crippen LogP contribution in [0.15, 0.2) is 71.4 Å². The number of rotatable bonds is 7. The van der Waals surface area contributed by atoms with Gasteiger partial charge in [-0.25, -0.2) is 0 Å². The Hall–Kier alpha value is -3.12. The van der Waals surface area contributed by atoms with Crippen molar-refractivity contribution >= 4 is 23.2 Å². The molecule has 2 amide bonds. The van der Waals surface area contributed by atoms with E-state index >= 15 is 0 Å². The zero-order chi connectivity index (χ0) is 21.5. The first-order valence-corrected chi connectivity index (χ1v) is 11.5. The van der Waals surface area contributed by atoms with E-state index in [4.69, 9.17) is 4.74 Å². The van der Waals surface area contributed by atoms with Gasteiger partial charge in [0.05, 0.1) is 5.56 Å². The second kappa shape index (κ2) is 10.3. The molecule has 31 heavy (non-hydrogen) atoms. The number of nitrogens with zero attached hydrogens (tertiary/aromatic N) is 1. The molecular weight excluding hydrogens is 408 g/mol. The minimum Gasteiger partial charge on any atom is -0.490 e. The molecule has 2 heterocycles. The van der Waals surface area contributed by atoms with Gasteiger partial charge in [0.15, 0.2) is 0 Å². The summed E-state index contributed by atoms with van der Waals surface area (Å²) in [6.07, 6.45) is 2.49. The smallest absolute Gasteiger partial charge is 0.254 e. The van der Waals surface area contributed by atoms with Crippen LogP contribution >= 0.6 is 11.3 Å². The van der Waals surface area contributed by atoms with Gasteiger partial charge in [0.25, 0.3) is 11.8 Å². The molecule has 160 valence electrons. The maximum atomic E-state index is 12.4. The van der Waals surface area contributed by atoms with Crippen molar-refractivity contribution in [2.75, 3.05) is 19.6 Å². The van der Waals surface area contributed by atoms with Crippen LogP contribution in [0.3, 0.4) is 0 Å². The van der Waals surface area contributed by atoms with Gasteiger partial charge < -0.3 is 15.0 Å². The summed E-state index contributed by atoms with van der Waals surface area (Å²) in [5.74, 6) is 0.772. The Morgan fingerprint density at radius 3 is 2.39 bits per heavy atom. The molecule has 0 unspecified atom stereocenters. The molecule has 0 bridgehead atoms. The number of likely N-dealkylation sites (tertiary alicyclic amines) is 1. The summed E-state index contributed by atoms with van der Waals surface area (Å²) in [5, 5.41) is 6.78. The van der Waals surface area contributed by atoms with Gasteiger partial charge in [-0.15, -0.1) is 0 Å². The second-order valence-corrected chi connectivity index (χ2v) is 8.42. The zero-order valence-corrected chi connectivity index (χ0v) is 18.1. The van der Waals surface area contributed by atoms with Crippen molar-refractivity contribution in [3.05, 3.63) is 88.1 Å². The summed E-state index contributed by atoms with van der Waals surface area (Å²) >= 11 is 1.54. The summed E-state index contributed by atoms with van der Waals surface area (Å²) in [6.45, 7) is 1.99. The Bertz CT molecular complexity index is 979. The number of carbonyl (C=O) groups excluding carboxylic acids is 2. The average molecular weight is 435 g/mol. The second-order valence-electron chi connectivity index (χ2n) is 7.64. The van der Waals surface area contributed by atoms with Crippen LogP contribution in [0.2, 0.25) is 0 Å². The Labute approximate surface area is 186 Å². The van der Waals surface area contributed by atoms with Gasteiger partial charge in [-0.05, 0) is 47.7 Å². The van der Waals surface area contributed by atoms with Crippen molar-refractivity contribution in [2.45, 2.75) is 25.4 Å². The van der Waals surface area contributed by atoms with Crippen LogP contribution in [0.5, 0.6) is 5.75 Å². The third kappa shape index (κ3) is 5.73. The molecule has 5 nitrogen and oxygen atoms in total. The van der Waals surface area contributed by atoms with E-state index in [0.29, 0.717) is 25.2 Å². The predicted octanol–water partition coefficient (Wildman–Crippen LogP) is 4.40. The van der Waals surface area contributed by atoms with E-state index in [1.165, 1.54) is 16.9 Å². The zero-order valence-electron chi connectivity index (χ0n) is 17.3. The predicted molar refractivity (Wildman–Crippen MR) is 123 cm³/mol. The molecule has 1 aromatic heterocycles. The van der Waals surface area contributed by atoms with Crippen LogP contribution < -0.4 is 10.1 Å². The fourth-order valence-electron chi connectivity index (χ4n) is 3.69. The van der Waals surface area contributed by atoms with E-state index in [-0.39, 0.29) is 17.9 Å². The molecular formula is C25H26N2O3S. The molecule has 0 atom stereocenters. The maximum Gasteiger partial charge on any atom is 0.254 e. The van der Waals surface area contributed by atoms with E-state index in [0.717, 1.165) is 30.6 Å². The highest BCUT2D eigenvalue weighted by atomic mass is 32.1. The van der Waals surface area contributed by atoms with Gasteiger partial charge >= 0.3 is 0 Å². The van der Waals surface area contributed by atoms with Crippen molar-refractivity contribution in [1.29, 1.82) is 0 Å². The fourth-order valence-corrected chi connectivity index (χ4v) is 4.32. The largest absolute Gasteiger partial charge is 0.490 e. The van der Waals surface area contributed by atoms with E-state index in [2.05, 4.69) is 17.4 Å². The van der Waals surface area contributed by atoms with Crippen molar-refractivity contribution < 1.29 is 14.3 Å². The van der Waals surface area contributed by atoms with Crippen LogP contribution in [-0.2, 0) is 6.42 Å². The number of carbonyl (C=O) groups is 2. The third-order valence-corrected chi connectivity index (χ3v) is 6.14. The summed E-state index contributed by atoms with van der Waals surface area (Å²) < 4.78 is 6.08. The molecule has 0 radical (unpaired) electrons. The van der Waals surface area contributed by atoms with Crippen LogP contribution in [0, 0.1) is 0 Å². The van der Waals surface area contributed by atoms with Gasteiger partial charge in [0.1, 0.15) is 11.9 Å². The number of benzene rings is 2. The lowest BCUT2D eigenvalue weighted by Crippen LogP contribution is -2.41. The summed E-state index contributed by atoms with van der Waals surface area (Å²) in [4.78, 5) is 26.7. The first-order valence-electron chi connectivity index (χ1n) is 10.6. The number of amides is 2. The van der Waals surface area contributed by atoms with Crippen LogP contribution in [0.25, 0.3) is 0 Å². The highest BCUT2D eigenvalue weighted by Crippen LogP contribution is 2.21. The summed E-state index contributed by atoms with van der Waals surface area (Å²) in [7, 11) is 0. The Morgan fingerprint density at radius 2 is 1.71 bits per heavy atom. The van der Waals surface area contributed by atoms with Crippen molar-refractivity contribution in [3.63, 3.8) is 0 Å². The third-order valence-electron chi connectivity index (χ3n) is 5.46. The number of thiophene rings is 1. The molecule has 1 saturated heterocycles. The normalized spacial score (nSPS) is 14.3. The van der Waals surface area contributed by atoms with Gasteiger partial charge in [-0.2, -0.15) is 11.3 Å². The SMILES string of the molecule is O=C(NCCc1ccccc1)c1ccc(OC2CCN(C(=O)c3ccsc3)CC2)cc1. The molecule has 1 N–H and O–H groups in total. The van der Waals surface area contributed by atoms with Crippen LogP contribution in [-0.4, -0.2) is 42.5 Å². The lowest BCUT2D eigenvalue weighted by molar-refractivity contribution is 0.0596. The molecule has 1 aliphatic heterocycles. The molecule has 1 fully saturated rings. The first kappa shape index (κ1) is 21.1. The van der Waals surface area contributed by atoms with Gasteiger partial charge in [-0.3, -0.25) is 9.59 Å². The number of nitrogens with one attached hydrogen (secondary N) is 1. The standard InChI is InChI=1S/C25H26N2O3S/c28-24(26-14-10-19-4-2-1-3-5-19)20-6-8-22(9-7-20)30-23-11-15-27(16-12-23)25(29)21-13-17-31-18-21/h1-9,13,17-18,23H,10-12,14-16H2,(H,26,28). The van der Waals surface area contributed by atoms with E-state index in [1.807, 2.05) is 52.1 Å². The quantitative estimate of drug-likeness (QED) is 0.599. The fraction of sp³-hybridized carbons (Fsp3) is 0.280. The molecule has 4 rings (SSSR count). The molecule has 2 aromatic carbocycles. The number of hydrogen-bond acceptors (Lipinski definition) is 4. The monoisotopic (exact) mass is 434 g/mol. The molecule has 1 aliphatic rings. The minimum atomic E-state index is -0.0808. The van der Waals surface area contributed by atoms with Crippen molar-refractivity contribution in [3.8, 4) is 5.75 Å². The number of hydrogen-bond donors (Lipinski definition) is 1. The van der Waals surface area contributed by atoms with Crippen molar-refractivity contribution in [1.82, 2.24) is 10.2 Å². The average Bonchev–Trinajstić information content (AvgIpc) is 3.35. The van der Waals surface area contributed by atoms with Gasteiger partial charge in [0.2, 0.25) is 0 Å². The number of ether oxygens (including phenoxy) is 1. The Morgan fingerprint density at radius 1 is 0.968 bits per heavy atom.